The number of nitrogens with zero attached hydrogens (tertiary/aromatic N) is 1. The van der Waals surface area contributed by atoms with Gasteiger partial charge in [0.15, 0.2) is 4.32 Å². The summed E-state index contributed by atoms with van der Waals surface area (Å²) in [5.74, 6) is -0.820. The minimum absolute atomic E-state index is 0.0755. The molecule has 0 aromatic heterocycles. The Kier molecular flexibility index (Phi) is 7.05. The number of carbonyl (C=O) groups is 2. The monoisotopic (exact) mass is 515 g/mol. The minimum atomic E-state index is -1.08. The van der Waals surface area contributed by atoms with E-state index in [1.165, 1.54) is 17.0 Å². The number of carboxylic acids is 1. The molecule has 5 nitrogen and oxygen atoms in total. The molecule has 1 heterocycles. The highest BCUT2D eigenvalue weighted by Crippen LogP contribution is 2.37. The quantitative estimate of drug-likeness (QED) is 0.291. The maximum absolute atomic E-state index is 13.1. The molecule has 1 fully saturated rings. The number of anilines is 1. The molecule has 1 N–H and O–H groups in total. The third-order valence-electron chi connectivity index (χ3n) is 4.73. The van der Waals surface area contributed by atoms with Crippen molar-refractivity contribution in [3.63, 3.8) is 0 Å². The second-order valence-corrected chi connectivity index (χ2v) is 9.44. The summed E-state index contributed by atoms with van der Waals surface area (Å²) in [6.45, 7) is 0.269. The highest BCUT2D eigenvalue weighted by atomic mass is 35.5. The smallest absolute Gasteiger partial charge is 0.335 e. The number of para-hydroxylation sites is 1. The molecule has 9 heteroatoms. The molecule has 1 saturated heterocycles. The van der Waals surface area contributed by atoms with Crippen molar-refractivity contribution in [2.75, 3.05) is 4.90 Å². The zero-order valence-corrected chi connectivity index (χ0v) is 20.0. The van der Waals surface area contributed by atoms with E-state index in [1.54, 1.807) is 36.4 Å². The SMILES string of the molecule is O=C(O)c1cccc(N2C(=O)/C(=C\c3ccccc3OCc3ccc(Cl)c(Cl)c3)SC2=S)c1. The first-order chi connectivity index (χ1) is 15.8. The molecule has 3 aromatic carbocycles. The number of hydrogen-bond donors (Lipinski definition) is 1. The van der Waals surface area contributed by atoms with Gasteiger partial charge in [-0.2, -0.15) is 0 Å². The molecular formula is C24H15Cl2NO4S2. The molecule has 4 rings (SSSR count). The number of rotatable bonds is 6. The Labute approximate surface area is 209 Å². The van der Waals surface area contributed by atoms with Crippen LogP contribution in [0, 0.1) is 0 Å². The Balaban J connectivity index is 1.57. The van der Waals surface area contributed by atoms with Crippen LogP contribution in [-0.2, 0) is 11.4 Å². The molecule has 0 bridgehead atoms. The predicted octanol–water partition coefficient (Wildman–Crippen LogP) is 6.68. The van der Waals surface area contributed by atoms with E-state index < -0.39 is 5.97 Å². The molecule has 0 saturated carbocycles. The van der Waals surface area contributed by atoms with Crippen LogP contribution in [0.2, 0.25) is 10.0 Å². The maximum Gasteiger partial charge on any atom is 0.335 e. The zero-order valence-electron chi connectivity index (χ0n) is 16.8. The second-order valence-electron chi connectivity index (χ2n) is 6.95. The fourth-order valence-corrected chi connectivity index (χ4v) is 4.74. The van der Waals surface area contributed by atoms with Crippen molar-refractivity contribution in [2.24, 2.45) is 0 Å². The van der Waals surface area contributed by atoms with Gasteiger partial charge in [-0.1, -0.05) is 77.5 Å². The topological polar surface area (TPSA) is 66.8 Å². The standard InChI is InChI=1S/C24H15Cl2NO4S2/c25-18-9-8-14(10-19(18)26)13-31-20-7-2-1-4-15(20)12-21-22(28)27(24(32)33-21)17-6-3-5-16(11-17)23(29)30/h1-12H,13H2,(H,29,30)/b21-12+. The summed E-state index contributed by atoms with van der Waals surface area (Å²) in [6, 6.07) is 18.7. The van der Waals surface area contributed by atoms with Crippen LogP contribution in [0.5, 0.6) is 5.75 Å². The van der Waals surface area contributed by atoms with Crippen molar-refractivity contribution in [1.29, 1.82) is 0 Å². The molecular weight excluding hydrogens is 501 g/mol. The van der Waals surface area contributed by atoms with Gasteiger partial charge in [0, 0.05) is 5.56 Å². The predicted molar refractivity (Wildman–Crippen MR) is 136 cm³/mol. The number of thiocarbonyl (C=S) groups is 1. The first kappa shape index (κ1) is 23.3. The lowest BCUT2D eigenvalue weighted by molar-refractivity contribution is -0.113. The van der Waals surface area contributed by atoms with Crippen LogP contribution in [0.4, 0.5) is 5.69 Å². The fourth-order valence-electron chi connectivity index (χ4n) is 3.13. The van der Waals surface area contributed by atoms with Crippen molar-refractivity contribution < 1.29 is 19.4 Å². The van der Waals surface area contributed by atoms with E-state index in [9.17, 15) is 14.7 Å². The number of ether oxygens (including phenoxy) is 1. The van der Waals surface area contributed by atoms with Gasteiger partial charge in [-0.25, -0.2) is 4.79 Å². The van der Waals surface area contributed by atoms with Crippen molar-refractivity contribution >= 4 is 75.1 Å². The number of thioether (sulfide) groups is 1. The van der Waals surface area contributed by atoms with Crippen molar-refractivity contribution in [1.82, 2.24) is 0 Å². The third kappa shape index (κ3) is 5.23. The molecule has 1 aliphatic rings. The molecule has 3 aromatic rings. The lowest BCUT2D eigenvalue weighted by Crippen LogP contribution is -2.27. The lowest BCUT2D eigenvalue weighted by Gasteiger charge is -2.15. The van der Waals surface area contributed by atoms with Gasteiger partial charge in [0.05, 0.1) is 26.2 Å². The van der Waals surface area contributed by atoms with Gasteiger partial charge in [0.1, 0.15) is 12.4 Å². The first-order valence-corrected chi connectivity index (χ1v) is 11.6. The molecule has 166 valence electrons. The number of carboxylic acid groups (broad SMARTS) is 1. The van der Waals surface area contributed by atoms with Crippen molar-refractivity contribution in [3.05, 3.63) is 98.4 Å². The van der Waals surface area contributed by atoms with E-state index in [-0.39, 0.29) is 18.1 Å². The van der Waals surface area contributed by atoms with Crippen molar-refractivity contribution in [3.8, 4) is 5.75 Å². The molecule has 1 aliphatic heterocycles. The normalized spacial score (nSPS) is 14.7. The summed E-state index contributed by atoms with van der Waals surface area (Å²) in [5.41, 5.74) is 2.04. The van der Waals surface area contributed by atoms with E-state index in [0.717, 1.165) is 17.3 Å². The average Bonchev–Trinajstić information content (AvgIpc) is 3.08. The summed E-state index contributed by atoms with van der Waals surface area (Å²) in [4.78, 5) is 26.1. The summed E-state index contributed by atoms with van der Waals surface area (Å²) in [5, 5.41) is 10.2. The summed E-state index contributed by atoms with van der Waals surface area (Å²) in [6.07, 6.45) is 1.71. The van der Waals surface area contributed by atoms with Gasteiger partial charge in [-0.15, -0.1) is 0 Å². The van der Waals surface area contributed by atoms with E-state index in [2.05, 4.69) is 0 Å². The fraction of sp³-hybridized carbons (Fsp3) is 0.0417. The Bertz CT molecular complexity index is 1310. The van der Waals surface area contributed by atoms with Gasteiger partial charge in [0.2, 0.25) is 0 Å². The third-order valence-corrected chi connectivity index (χ3v) is 6.77. The molecule has 0 spiro atoms. The number of amides is 1. The van der Waals surface area contributed by atoms with Crippen LogP contribution in [0.1, 0.15) is 21.5 Å². The van der Waals surface area contributed by atoms with E-state index >= 15 is 0 Å². The van der Waals surface area contributed by atoms with Crippen molar-refractivity contribution in [2.45, 2.75) is 6.61 Å². The highest BCUT2D eigenvalue weighted by molar-refractivity contribution is 8.27. The van der Waals surface area contributed by atoms with Crippen LogP contribution in [0.15, 0.2) is 71.6 Å². The van der Waals surface area contributed by atoms with Crippen LogP contribution >= 0.6 is 47.2 Å². The maximum atomic E-state index is 13.1. The van der Waals surface area contributed by atoms with E-state index in [4.69, 9.17) is 40.2 Å². The zero-order chi connectivity index (χ0) is 23.5. The van der Waals surface area contributed by atoms with E-state index in [0.29, 0.717) is 36.3 Å². The van der Waals surface area contributed by atoms with Gasteiger partial charge in [-0.3, -0.25) is 9.69 Å². The molecule has 0 aliphatic carbocycles. The number of benzene rings is 3. The molecule has 0 atom stereocenters. The van der Waals surface area contributed by atoms with Crippen LogP contribution in [-0.4, -0.2) is 21.3 Å². The highest BCUT2D eigenvalue weighted by Gasteiger charge is 2.33. The summed E-state index contributed by atoms with van der Waals surface area (Å²) >= 11 is 18.6. The molecule has 0 radical (unpaired) electrons. The van der Waals surface area contributed by atoms with Crippen LogP contribution in [0.25, 0.3) is 6.08 Å². The van der Waals surface area contributed by atoms with E-state index in [1.807, 2.05) is 24.3 Å². The van der Waals surface area contributed by atoms with Crippen LogP contribution < -0.4 is 9.64 Å². The minimum Gasteiger partial charge on any atom is -0.488 e. The molecule has 1 amide bonds. The Morgan fingerprint density at radius 3 is 2.61 bits per heavy atom. The number of hydrogen-bond acceptors (Lipinski definition) is 5. The average molecular weight is 516 g/mol. The Morgan fingerprint density at radius 2 is 1.85 bits per heavy atom. The number of carbonyl (C=O) groups excluding carboxylic acids is 1. The van der Waals surface area contributed by atoms with Gasteiger partial charge in [-0.05, 0) is 48.0 Å². The van der Waals surface area contributed by atoms with Gasteiger partial charge in [0.25, 0.3) is 5.91 Å². The second kappa shape index (κ2) is 9.97. The largest absolute Gasteiger partial charge is 0.488 e. The first-order valence-electron chi connectivity index (χ1n) is 9.60. The molecule has 0 unspecified atom stereocenters. The summed E-state index contributed by atoms with van der Waals surface area (Å²) in [7, 11) is 0. The number of halogens is 2. The Morgan fingerprint density at radius 1 is 1.06 bits per heavy atom. The van der Waals surface area contributed by atoms with Gasteiger partial charge >= 0.3 is 5.97 Å². The number of aromatic carboxylic acids is 1. The summed E-state index contributed by atoms with van der Waals surface area (Å²) < 4.78 is 6.29. The lowest BCUT2D eigenvalue weighted by atomic mass is 10.1. The van der Waals surface area contributed by atoms with Crippen LogP contribution in [0.3, 0.4) is 0 Å². The Hall–Kier alpha value is -2.84. The molecule has 33 heavy (non-hydrogen) atoms. The van der Waals surface area contributed by atoms with Gasteiger partial charge < -0.3 is 9.84 Å².